The lowest BCUT2D eigenvalue weighted by Crippen LogP contribution is -2.41. The number of hydrogen-bond donors (Lipinski definition) is 1. The fraction of sp³-hybridized carbons (Fsp3) is 0.320. The molecular formula is C25H24BrFN4O4. The number of hydrogen-bond acceptors (Lipinski definition) is 7. The third-order valence-corrected chi connectivity index (χ3v) is 6.76. The zero-order valence-electron chi connectivity index (χ0n) is 18.9. The molecule has 4 rings (SSSR count). The van der Waals surface area contributed by atoms with Crippen LogP contribution in [0, 0.1) is 11.7 Å². The van der Waals surface area contributed by atoms with Crippen molar-refractivity contribution in [2.45, 2.75) is 32.1 Å². The monoisotopic (exact) mass is 542 g/mol. The summed E-state index contributed by atoms with van der Waals surface area (Å²) in [6, 6.07) is 14.0. The van der Waals surface area contributed by atoms with Crippen molar-refractivity contribution >= 4 is 33.3 Å². The van der Waals surface area contributed by atoms with Crippen LogP contribution in [0.25, 0.3) is 0 Å². The maximum absolute atomic E-state index is 13.5. The molecule has 2 aromatic carbocycles. The molecule has 3 aromatic rings. The van der Waals surface area contributed by atoms with Crippen molar-refractivity contribution in [1.82, 2.24) is 15.2 Å². The number of rotatable bonds is 8. The standard InChI is InChI=1S/C25H24BrFN4O4/c26-19-12-17(6-7-20(19)27)13-21(28-34)25-22(29-35-30-25)15-23(32)18-8-10-31(11-9-18)24(33)14-16-4-2-1-3-5-16/h1-7,12,18,34H,8-11,13-15H2/b28-21+. The van der Waals surface area contributed by atoms with E-state index in [0.29, 0.717) is 37.9 Å². The van der Waals surface area contributed by atoms with E-state index >= 15 is 0 Å². The number of piperidine rings is 1. The van der Waals surface area contributed by atoms with E-state index < -0.39 is 5.82 Å². The first-order valence-electron chi connectivity index (χ1n) is 11.3. The van der Waals surface area contributed by atoms with Gasteiger partial charge in [0.15, 0.2) is 5.69 Å². The molecule has 0 spiro atoms. The summed E-state index contributed by atoms with van der Waals surface area (Å²) in [4.78, 5) is 27.4. The summed E-state index contributed by atoms with van der Waals surface area (Å²) in [5.41, 5.74) is 2.28. The first kappa shape index (κ1) is 24.7. The number of nitrogens with zero attached hydrogens (tertiary/aromatic N) is 4. The van der Waals surface area contributed by atoms with E-state index in [1.54, 1.807) is 17.0 Å². The van der Waals surface area contributed by atoms with Crippen molar-refractivity contribution in [2.24, 2.45) is 11.1 Å². The first-order chi connectivity index (χ1) is 16.9. The van der Waals surface area contributed by atoms with E-state index in [4.69, 9.17) is 4.63 Å². The summed E-state index contributed by atoms with van der Waals surface area (Å²) in [5.74, 6) is -0.582. The van der Waals surface area contributed by atoms with Gasteiger partial charge in [-0.3, -0.25) is 9.59 Å². The van der Waals surface area contributed by atoms with Crippen LogP contribution in [-0.2, 0) is 28.9 Å². The molecule has 0 aliphatic carbocycles. The number of aromatic nitrogens is 2. The van der Waals surface area contributed by atoms with Crippen molar-refractivity contribution in [3.8, 4) is 0 Å². The molecule has 1 amide bonds. The highest BCUT2D eigenvalue weighted by atomic mass is 79.9. The molecule has 1 aliphatic rings. The minimum Gasteiger partial charge on any atom is -0.411 e. The lowest BCUT2D eigenvalue weighted by Gasteiger charge is -2.31. The molecule has 1 saturated heterocycles. The lowest BCUT2D eigenvalue weighted by molar-refractivity contribution is -0.134. The largest absolute Gasteiger partial charge is 0.411 e. The number of oxime groups is 1. The van der Waals surface area contributed by atoms with E-state index in [0.717, 1.165) is 5.56 Å². The lowest BCUT2D eigenvalue weighted by atomic mass is 9.89. The maximum atomic E-state index is 13.5. The second-order valence-electron chi connectivity index (χ2n) is 8.49. The van der Waals surface area contributed by atoms with Gasteiger partial charge in [-0.2, -0.15) is 0 Å². The molecule has 0 radical (unpaired) electrons. The van der Waals surface area contributed by atoms with Gasteiger partial charge >= 0.3 is 0 Å². The number of Topliss-reactive ketones (excluding diaryl/α,β-unsaturated/α-hetero) is 1. The molecule has 1 aliphatic heterocycles. The Hall–Kier alpha value is -3.40. The van der Waals surface area contributed by atoms with Crippen LogP contribution in [0.3, 0.4) is 0 Å². The normalized spacial score (nSPS) is 14.8. The molecule has 0 saturated carbocycles. The molecule has 1 aromatic heterocycles. The van der Waals surface area contributed by atoms with Gasteiger partial charge in [0.05, 0.1) is 17.3 Å². The quantitative estimate of drug-likeness (QED) is 0.262. The number of carbonyl (C=O) groups is 2. The number of likely N-dealkylation sites (tertiary alicyclic amines) is 1. The van der Waals surface area contributed by atoms with Crippen LogP contribution in [0.4, 0.5) is 4.39 Å². The van der Waals surface area contributed by atoms with Gasteiger partial charge in [0.1, 0.15) is 23.0 Å². The Morgan fingerprint density at radius 2 is 1.80 bits per heavy atom. The first-order valence-corrected chi connectivity index (χ1v) is 12.0. The van der Waals surface area contributed by atoms with Crippen LogP contribution < -0.4 is 0 Å². The molecule has 10 heteroatoms. The predicted molar refractivity (Wildman–Crippen MR) is 129 cm³/mol. The second kappa shape index (κ2) is 11.4. The van der Waals surface area contributed by atoms with E-state index in [9.17, 15) is 19.2 Å². The van der Waals surface area contributed by atoms with Gasteiger partial charge in [0.2, 0.25) is 5.91 Å². The van der Waals surface area contributed by atoms with Crippen LogP contribution in [0.2, 0.25) is 0 Å². The molecular weight excluding hydrogens is 519 g/mol. The number of benzene rings is 2. The third-order valence-electron chi connectivity index (χ3n) is 6.15. The van der Waals surface area contributed by atoms with Crippen molar-refractivity contribution in [3.05, 3.63) is 81.3 Å². The fourth-order valence-corrected chi connectivity index (χ4v) is 4.62. The van der Waals surface area contributed by atoms with Crippen LogP contribution in [0.15, 0.2) is 62.8 Å². The molecule has 0 atom stereocenters. The predicted octanol–water partition coefficient (Wildman–Crippen LogP) is 3.99. The Labute approximate surface area is 209 Å². The zero-order chi connectivity index (χ0) is 24.8. The highest BCUT2D eigenvalue weighted by Gasteiger charge is 2.29. The number of amides is 1. The summed E-state index contributed by atoms with van der Waals surface area (Å²) in [6.07, 6.45) is 1.62. The van der Waals surface area contributed by atoms with Gasteiger partial charge in [-0.1, -0.05) is 46.7 Å². The average Bonchev–Trinajstić information content (AvgIpc) is 3.33. The van der Waals surface area contributed by atoms with E-state index in [-0.39, 0.29) is 52.0 Å². The summed E-state index contributed by atoms with van der Waals surface area (Å²) in [5, 5.41) is 20.5. The Morgan fingerprint density at radius 1 is 1.06 bits per heavy atom. The topological polar surface area (TPSA) is 109 Å². The smallest absolute Gasteiger partial charge is 0.226 e. The Bertz CT molecular complexity index is 1220. The van der Waals surface area contributed by atoms with Crippen molar-refractivity contribution in [2.75, 3.05) is 13.1 Å². The summed E-state index contributed by atoms with van der Waals surface area (Å²) < 4.78 is 18.6. The number of halogens is 2. The molecule has 1 fully saturated rings. The average molecular weight is 543 g/mol. The molecule has 0 unspecified atom stereocenters. The van der Waals surface area contributed by atoms with Gasteiger partial charge in [-0.25, -0.2) is 9.02 Å². The number of ketones is 1. The van der Waals surface area contributed by atoms with Crippen molar-refractivity contribution in [1.29, 1.82) is 0 Å². The van der Waals surface area contributed by atoms with Crippen LogP contribution in [-0.4, -0.2) is 50.9 Å². The van der Waals surface area contributed by atoms with E-state index in [2.05, 4.69) is 31.4 Å². The van der Waals surface area contributed by atoms with Gasteiger partial charge in [0, 0.05) is 25.4 Å². The second-order valence-corrected chi connectivity index (χ2v) is 9.35. The molecule has 35 heavy (non-hydrogen) atoms. The van der Waals surface area contributed by atoms with Gasteiger partial charge in [-0.05, 0) is 57.2 Å². The van der Waals surface area contributed by atoms with Crippen molar-refractivity contribution < 1.29 is 23.8 Å². The Morgan fingerprint density at radius 3 is 2.49 bits per heavy atom. The summed E-state index contributed by atoms with van der Waals surface area (Å²) >= 11 is 3.13. The fourth-order valence-electron chi connectivity index (χ4n) is 4.19. The third kappa shape index (κ3) is 6.19. The molecule has 182 valence electrons. The summed E-state index contributed by atoms with van der Waals surface area (Å²) in [6.45, 7) is 1.05. The van der Waals surface area contributed by atoms with Crippen molar-refractivity contribution in [3.63, 3.8) is 0 Å². The summed E-state index contributed by atoms with van der Waals surface area (Å²) in [7, 11) is 0. The number of carbonyl (C=O) groups excluding carboxylic acids is 2. The Balaban J connectivity index is 1.34. The minimum atomic E-state index is -0.404. The van der Waals surface area contributed by atoms with Gasteiger partial charge in [0.25, 0.3) is 0 Å². The maximum Gasteiger partial charge on any atom is 0.226 e. The van der Waals surface area contributed by atoms with E-state index in [1.807, 2.05) is 30.3 Å². The van der Waals surface area contributed by atoms with Gasteiger partial charge < -0.3 is 10.1 Å². The zero-order valence-corrected chi connectivity index (χ0v) is 20.4. The molecule has 8 nitrogen and oxygen atoms in total. The highest BCUT2D eigenvalue weighted by molar-refractivity contribution is 9.10. The van der Waals surface area contributed by atoms with Crippen LogP contribution in [0.1, 0.15) is 35.4 Å². The Kier molecular flexibility index (Phi) is 8.02. The SMILES string of the molecule is O=C(Cc1nonc1/C(Cc1ccc(F)c(Br)c1)=N/O)C1CCN(C(=O)Cc2ccccc2)CC1. The van der Waals surface area contributed by atoms with Gasteiger partial charge in [-0.15, -0.1) is 0 Å². The highest BCUT2D eigenvalue weighted by Crippen LogP contribution is 2.22. The molecule has 2 heterocycles. The molecule has 0 bridgehead atoms. The molecule has 1 N–H and O–H groups in total. The van der Waals surface area contributed by atoms with Crippen LogP contribution in [0.5, 0.6) is 0 Å². The van der Waals surface area contributed by atoms with Crippen LogP contribution >= 0.6 is 15.9 Å². The van der Waals surface area contributed by atoms with E-state index in [1.165, 1.54) is 6.07 Å². The minimum absolute atomic E-state index is 0.0202.